The van der Waals surface area contributed by atoms with Crippen molar-refractivity contribution in [2.75, 3.05) is 19.6 Å². The predicted molar refractivity (Wildman–Crippen MR) is 58.1 cm³/mol. The number of fused-ring (bicyclic) bond motifs is 1. The first-order chi connectivity index (χ1) is 7.29. The summed E-state index contributed by atoms with van der Waals surface area (Å²) in [7, 11) is 0. The lowest BCUT2D eigenvalue weighted by atomic mass is 10.2. The summed E-state index contributed by atoms with van der Waals surface area (Å²) in [5, 5.41) is 4.20. The minimum absolute atomic E-state index is 0.340. The lowest BCUT2D eigenvalue weighted by Gasteiger charge is -2.37. The number of amides is 1. The van der Waals surface area contributed by atoms with E-state index in [1.807, 2.05) is 5.01 Å². The van der Waals surface area contributed by atoms with Gasteiger partial charge < -0.3 is 4.79 Å². The second-order valence-corrected chi connectivity index (χ2v) is 3.87. The molecule has 0 saturated carbocycles. The van der Waals surface area contributed by atoms with E-state index in [9.17, 15) is 4.79 Å². The van der Waals surface area contributed by atoms with Crippen LogP contribution in [-0.2, 0) is 9.59 Å². The van der Waals surface area contributed by atoms with Gasteiger partial charge in [0.15, 0.2) is 0 Å². The maximum atomic E-state index is 11.5. The quantitative estimate of drug-likeness (QED) is 0.567. The number of aldehydes is 1. The standard InChI is InChI=1S/C9H16N2O.C2H4O/c12-9-5-1-2-6-10-7-3-4-8-11(9)10;1-2-3/h1-8H2;2H,1H3. The highest BCUT2D eigenvalue weighted by Gasteiger charge is 2.25. The Morgan fingerprint density at radius 1 is 1.07 bits per heavy atom. The average molecular weight is 212 g/mol. The maximum absolute atomic E-state index is 11.5. The van der Waals surface area contributed by atoms with Crippen molar-refractivity contribution in [2.45, 2.75) is 39.0 Å². The molecule has 86 valence electrons. The summed E-state index contributed by atoms with van der Waals surface area (Å²) < 4.78 is 0. The maximum Gasteiger partial charge on any atom is 0.236 e. The topological polar surface area (TPSA) is 40.6 Å². The minimum Gasteiger partial charge on any atom is -0.304 e. The van der Waals surface area contributed by atoms with Gasteiger partial charge in [-0.3, -0.25) is 9.80 Å². The molecule has 2 aliphatic heterocycles. The minimum atomic E-state index is 0.340. The summed E-state index contributed by atoms with van der Waals surface area (Å²) in [6.45, 7) is 4.58. The van der Waals surface area contributed by atoms with Crippen LogP contribution in [0.3, 0.4) is 0 Å². The molecule has 2 saturated heterocycles. The van der Waals surface area contributed by atoms with Gasteiger partial charge in [-0.2, -0.15) is 0 Å². The molecule has 0 spiro atoms. The van der Waals surface area contributed by atoms with Crippen molar-refractivity contribution in [1.82, 2.24) is 10.0 Å². The van der Waals surface area contributed by atoms with Gasteiger partial charge in [-0.15, -0.1) is 0 Å². The molecule has 2 fully saturated rings. The largest absolute Gasteiger partial charge is 0.304 e. The van der Waals surface area contributed by atoms with Gasteiger partial charge in [0.25, 0.3) is 0 Å². The van der Waals surface area contributed by atoms with Crippen LogP contribution in [-0.4, -0.2) is 41.8 Å². The number of hydrogen-bond donors (Lipinski definition) is 0. The Bertz CT molecular complexity index is 219. The Hall–Kier alpha value is -0.900. The molecule has 0 radical (unpaired) electrons. The highest BCUT2D eigenvalue weighted by Crippen LogP contribution is 2.17. The van der Waals surface area contributed by atoms with Gasteiger partial charge in [0.1, 0.15) is 6.29 Å². The summed E-state index contributed by atoms with van der Waals surface area (Å²) >= 11 is 0. The summed E-state index contributed by atoms with van der Waals surface area (Å²) in [5.41, 5.74) is 0. The Balaban J connectivity index is 0.000000337. The predicted octanol–water partition coefficient (Wildman–Crippen LogP) is 1.21. The van der Waals surface area contributed by atoms with Gasteiger partial charge in [0.05, 0.1) is 0 Å². The first-order valence-electron chi connectivity index (χ1n) is 5.74. The van der Waals surface area contributed by atoms with Crippen LogP contribution in [0.5, 0.6) is 0 Å². The molecule has 0 N–H and O–H groups in total. The second kappa shape index (κ2) is 6.56. The first kappa shape index (κ1) is 12.2. The average Bonchev–Trinajstić information content (AvgIpc) is 2.43. The fraction of sp³-hybridized carbons (Fsp3) is 0.818. The highest BCUT2D eigenvalue weighted by molar-refractivity contribution is 5.75. The number of rotatable bonds is 0. The molecule has 1 amide bonds. The summed E-state index contributed by atoms with van der Waals surface area (Å²) in [6, 6.07) is 0. The summed E-state index contributed by atoms with van der Waals surface area (Å²) in [5.74, 6) is 0.340. The van der Waals surface area contributed by atoms with Crippen molar-refractivity contribution in [1.29, 1.82) is 0 Å². The van der Waals surface area contributed by atoms with E-state index in [0.717, 1.165) is 38.8 Å². The molecule has 2 aliphatic rings. The van der Waals surface area contributed by atoms with E-state index in [-0.39, 0.29) is 0 Å². The number of carbonyl (C=O) groups is 2. The van der Waals surface area contributed by atoms with Gasteiger partial charge in [0, 0.05) is 26.1 Å². The Labute approximate surface area is 91.2 Å². The monoisotopic (exact) mass is 212 g/mol. The van der Waals surface area contributed by atoms with Crippen molar-refractivity contribution in [2.24, 2.45) is 0 Å². The van der Waals surface area contributed by atoms with E-state index >= 15 is 0 Å². The molecule has 2 rings (SSSR count). The molecule has 0 unspecified atom stereocenters. The SMILES string of the molecule is CC=O.O=C1CCCCN2CCCCN12. The van der Waals surface area contributed by atoms with Crippen LogP contribution in [0.2, 0.25) is 0 Å². The third-order valence-corrected chi connectivity index (χ3v) is 2.72. The molecule has 0 atom stereocenters. The van der Waals surface area contributed by atoms with Crippen molar-refractivity contribution in [3.8, 4) is 0 Å². The third kappa shape index (κ3) is 3.63. The zero-order chi connectivity index (χ0) is 11.1. The van der Waals surface area contributed by atoms with E-state index in [1.54, 1.807) is 0 Å². The van der Waals surface area contributed by atoms with Crippen molar-refractivity contribution in [3.05, 3.63) is 0 Å². The smallest absolute Gasteiger partial charge is 0.236 e. The van der Waals surface area contributed by atoms with Crippen LogP contribution in [0.1, 0.15) is 39.0 Å². The lowest BCUT2D eigenvalue weighted by molar-refractivity contribution is -0.150. The zero-order valence-electron chi connectivity index (χ0n) is 9.45. The van der Waals surface area contributed by atoms with Crippen LogP contribution in [0.4, 0.5) is 0 Å². The van der Waals surface area contributed by atoms with Gasteiger partial charge in [-0.25, -0.2) is 5.01 Å². The molecule has 0 aromatic heterocycles. The van der Waals surface area contributed by atoms with Crippen molar-refractivity contribution < 1.29 is 9.59 Å². The molecule has 2 heterocycles. The summed E-state index contributed by atoms with van der Waals surface area (Å²) in [6.07, 6.45) is 6.20. The van der Waals surface area contributed by atoms with Crippen LogP contribution in [0, 0.1) is 0 Å². The van der Waals surface area contributed by atoms with E-state index in [4.69, 9.17) is 4.79 Å². The fourth-order valence-corrected chi connectivity index (χ4v) is 2.03. The molecule has 0 aromatic carbocycles. The zero-order valence-corrected chi connectivity index (χ0v) is 9.45. The Kier molecular flexibility index (Phi) is 5.32. The second-order valence-electron chi connectivity index (χ2n) is 3.87. The normalized spacial score (nSPS) is 22.2. The van der Waals surface area contributed by atoms with Crippen molar-refractivity contribution in [3.63, 3.8) is 0 Å². The molecular formula is C11H20N2O2. The van der Waals surface area contributed by atoms with Crippen molar-refractivity contribution >= 4 is 12.2 Å². The molecular weight excluding hydrogens is 192 g/mol. The van der Waals surface area contributed by atoms with Gasteiger partial charge in [-0.1, -0.05) is 0 Å². The number of hydrogen-bond acceptors (Lipinski definition) is 3. The highest BCUT2D eigenvalue weighted by atomic mass is 16.2. The molecule has 0 aromatic rings. The van der Waals surface area contributed by atoms with E-state index in [2.05, 4.69) is 5.01 Å². The Morgan fingerprint density at radius 3 is 2.27 bits per heavy atom. The molecule has 4 nitrogen and oxygen atoms in total. The molecule has 0 bridgehead atoms. The first-order valence-corrected chi connectivity index (χ1v) is 5.74. The van der Waals surface area contributed by atoms with Crippen LogP contribution in [0.15, 0.2) is 0 Å². The van der Waals surface area contributed by atoms with Crippen LogP contribution in [0.25, 0.3) is 0 Å². The van der Waals surface area contributed by atoms with Crippen LogP contribution < -0.4 is 0 Å². The third-order valence-electron chi connectivity index (χ3n) is 2.72. The molecule has 15 heavy (non-hydrogen) atoms. The van der Waals surface area contributed by atoms with Gasteiger partial charge in [-0.05, 0) is 32.6 Å². The van der Waals surface area contributed by atoms with Gasteiger partial charge in [0.2, 0.25) is 5.91 Å². The number of carbonyl (C=O) groups excluding carboxylic acids is 2. The Morgan fingerprint density at radius 2 is 1.60 bits per heavy atom. The lowest BCUT2D eigenvalue weighted by Crippen LogP contribution is -2.49. The molecule has 0 aliphatic carbocycles. The number of nitrogens with zero attached hydrogens (tertiary/aromatic N) is 2. The number of hydrazine groups is 1. The summed E-state index contributed by atoms with van der Waals surface area (Å²) in [4.78, 5) is 20.3. The van der Waals surface area contributed by atoms with Crippen LogP contribution >= 0.6 is 0 Å². The van der Waals surface area contributed by atoms with E-state index < -0.39 is 0 Å². The fourth-order valence-electron chi connectivity index (χ4n) is 2.03. The van der Waals surface area contributed by atoms with Gasteiger partial charge >= 0.3 is 0 Å². The molecule has 4 heteroatoms. The van der Waals surface area contributed by atoms with E-state index in [0.29, 0.717) is 5.91 Å². The van der Waals surface area contributed by atoms with E-state index in [1.165, 1.54) is 26.2 Å².